The second kappa shape index (κ2) is 9.13. The summed E-state index contributed by atoms with van der Waals surface area (Å²) >= 11 is 0. The van der Waals surface area contributed by atoms with Crippen LogP contribution >= 0.6 is 24.8 Å². The van der Waals surface area contributed by atoms with Crippen LogP contribution in [0.25, 0.3) is 0 Å². The number of halogens is 2. The molecule has 0 radical (unpaired) electrons. The Morgan fingerprint density at radius 2 is 1.73 bits per heavy atom. The predicted octanol–water partition coefficient (Wildman–Crippen LogP) is 1.85. The summed E-state index contributed by atoms with van der Waals surface area (Å²) in [5.41, 5.74) is 0. The first-order chi connectivity index (χ1) is 6.26. The molecule has 1 aliphatic heterocycles. The summed E-state index contributed by atoms with van der Waals surface area (Å²) in [4.78, 5) is 6.99. The minimum absolute atomic E-state index is 0. The second-order valence-electron chi connectivity index (χ2n) is 3.54. The monoisotopic (exact) mass is 255 g/mol. The van der Waals surface area contributed by atoms with E-state index in [4.69, 9.17) is 0 Å². The number of nitrogens with zero attached hydrogens (tertiary/aromatic N) is 3. The van der Waals surface area contributed by atoms with E-state index in [-0.39, 0.29) is 24.8 Å². The van der Waals surface area contributed by atoms with E-state index in [0.29, 0.717) is 0 Å². The van der Waals surface area contributed by atoms with Crippen LogP contribution in [-0.2, 0) is 0 Å². The third-order valence-electron chi connectivity index (χ3n) is 2.53. The van der Waals surface area contributed by atoms with Gasteiger partial charge in [0.25, 0.3) is 0 Å². The van der Waals surface area contributed by atoms with Crippen LogP contribution in [0.1, 0.15) is 13.8 Å². The third kappa shape index (κ3) is 6.13. The molecular weight excluding hydrogens is 233 g/mol. The lowest BCUT2D eigenvalue weighted by molar-refractivity contribution is 0.234. The van der Waals surface area contributed by atoms with Gasteiger partial charge in [-0.2, -0.15) is 0 Å². The smallest absolute Gasteiger partial charge is 0.0891 e. The van der Waals surface area contributed by atoms with E-state index in [1.54, 1.807) is 0 Å². The molecule has 15 heavy (non-hydrogen) atoms. The van der Waals surface area contributed by atoms with Gasteiger partial charge >= 0.3 is 0 Å². The van der Waals surface area contributed by atoms with E-state index in [9.17, 15) is 0 Å². The van der Waals surface area contributed by atoms with Gasteiger partial charge in [0.15, 0.2) is 0 Å². The van der Waals surface area contributed by atoms with E-state index in [1.165, 1.54) is 6.54 Å². The SMILES string of the molecule is CCN(CC)CCN1C=CN(C)C1.Cl.Cl. The minimum atomic E-state index is 0. The molecule has 0 aromatic rings. The van der Waals surface area contributed by atoms with Crippen LogP contribution in [0.3, 0.4) is 0 Å². The first-order valence-corrected chi connectivity index (χ1v) is 5.11. The molecular formula is C10H23Cl2N3. The molecule has 0 N–H and O–H groups in total. The largest absolute Gasteiger partial charge is 0.362 e. The van der Waals surface area contributed by atoms with Gasteiger partial charge in [0.05, 0.1) is 6.67 Å². The topological polar surface area (TPSA) is 9.72 Å². The highest BCUT2D eigenvalue weighted by molar-refractivity contribution is 5.85. The molecule has 0 spiro atoms. The lowest BCUT2D eigenvalue weighted by Gasteiger charge is -2.23. The summed E-state index contributed by atoms with van der Waals surface area (Å²) in [6, 6.07) is 0. The Labute approximate surface area is 106 Å². The van der Waals surface area contributed by atoms with Crippen molar-refractivity contribution in [2.45, 2.75) is 13.8 Å². The number of hydrogen-bond donors (Lipinski definition) is 0. The Bertz CT molecular complexity index is 172. The lowest BCUT2D eigenvalue weighted by Crippen LogP contribution is -2.33. The molecule has 5 heteroatoms. The summed E-state index contributed by atoms with van der Waals surface area (Å²) in [5.74, 6) is 0. The van der Waals surface area contributed by atoms with Crippen molar-refractivity contribution in [2.24, 2.45) is 0 Å². The van der Waals surface area contributed by atoms with Gasteiger partial charge in [0.1, 0.15) is 0 Å². The van der Waals surface area contributed by atoms with Gasteiger partial charge in [-0.3, -0.25) is 0 Å². The first-order valence-electron chi connectivity index (χ1n) is 5.11. The van der Waals surface area contributed by atoms with Crippen LogP contribution in [-0.4, -0.2) is 54.6 Å². The average molecular weight is 256 g/mol. The molecule has 92 valence electrons. The molecule has 1 heterocycles. The summed E-state index contributed by atoms with van der Waals surface area (Å²) in [6.07, 6.45) is 4.30. The quantitative estimate of drug-likeness (QED) is 0.743. The van der Waals surface area contributed by atoms with Crippen LogP contribution in [0.5, 0.6) is 0 Å². The zero-order valence-corrected chi connectivity index (χ0v) is 11.5. The zero-order valence-electron chi connectivity index (χ0n) is 9.85. The Morgan fingerprint density at radius 3 is 2.13 bits per heavy atom. The third-order valence-corrected chi connectivity index (χ3v) is 2.53. The fourth-order valence-electron chi connectivity index (χ4n) is 1.54. The van der Waals surface area contributed by atoms with Crippen LogP contribution in [0, 0.1) is 0 Å². The highest BCUT2D eigenvalue weighted by Crippen LogP contribution is 2.03. The number of rotatable bonds is 5. The predicted molar refractivity (Wildman–Crippen MR) is 70.8 cm³/mol. The van der Waals surface area contributed by atoms with Gasteiger partial charge in [-0.25, -0.2) is 0 Å². The van der Waals surface area contributed by atoms with Gasteiger partial charge in [-0.05, 0) is 13.1 Å². The Hall–Kier alpha value is -0.120. The van der Waals surface area contributed by atoms with Crippen molar-refractivity contribution in [3.8, 4) is 0 Å². The first kappa shape index (κ1) is 17.3. The van der Waals surface area contributed by atoms with E-state index in [0.717, 1.165) is 26.3 Å². The van der Waals surface area contributed by atoms with Crippen molar-refractivity contribution < 1.29 is 0 Å². The van der Waals surface area contributed by atoms with Gasteiger partial charge < -0.3 is 14.7 Å². The van der Waals surface area contributed by atoms with E-state index in [1.807, 2.05) is 0 Å². The molecule has 1 aliphatic rings. The molecule has 0 aromatic carbocycles. The highest BCUT2D eigenvalue weighted by Gasteiger charge is 2.08. The maximum atomic E-state index is 2.45. The molecule has 3 nitrogen and oxygen atoms in total. The zero-order chi connectivity index (χ0) is 9.68. The molecule has 0 fully saturated rings. The molecule has 0 aliphatic carbocycles. The number of hydrogen-bond acceptors (Lipinski definition) is 3. The normalized spacial score (nSPS) is 14.1. The maximum Gasteiger partial charge on any atom is 0.0891 e. The summed E-state index contributed by atoms with van der Waals surface area (Å²) in [7, 11) is 2.11. The van der Waals surface area contributed by atoms with E-state index < -0.39 is 0 Å². The molecule has 0 bridgehead atoms. The molecule has 0 amide bonds. The van der Waals surface area contributed by atoms with Crippen LogP contribution in [0.2, 0.25) is 0 Å². The summed E-state index contributed by atoms with van der Waals surface area (Å²) in [6.45, 7) is 10.1. The van der Waals surface area contributed by atoms with Crippen molar-refractivity contribution in [3.05, 3.63) is 12.4 Å². The average Bonchev–Trinajstić information content (AvgIpc) is 2.53. The standard InChI is InChI=1S/C10H21N3.2ClH/c1-4-12(5-2)8-9-13-7-6-11(3)10-13;;/h6-7H,4-5,8-10H2,1-3H3;2*1H. The Morgan fingerprint density at radius 1 is 1.13 bits per heavy atom. The fraction of sp³-hybridized carbons (Fsp3) is 0.800. The fourth-order valence-corrected chi connectivity index (χ4v) is 1.54. The van der Waals surface area contributed by atoms with E-state index in [2.05, 4.69) is 48.0 Å². The maximum absolute atomic E-state index is 2.45. The van der Waals surface area contributed by atoms with Crippen molar-refractivity contribution in [1.82, 2.24) is 14.7 Å². The summed E-state index contributed by atoms with van der Waals surface area (Å²) < 4.78 is 0. The van der Waals surface area contributed by atoms with Gasteiger partial charge in [0, 0.05) is 32.5 Å². The summed E-state index contributed by atoms with van der Waals surface area (Å²) in [5, 5.41) is 0. The van der Waals surface area contributed by atoms with Crippen molar-refractivity contribution in [3.63, 3.8) is 0 Å². The molecule has 0 aromatic heterocycles. The lowest BCUT2D eigenvalue weighted by atomic mass is 10.4. The van der Waals surface area contributed by atoms with Crippen molar-refractivity contribution in [1.29, 1.82) is 0 Å². The molecule has 1 rings (SSSR count). The molecule has 0 saturated heterocycles. The second-order valence-corrected chi connectivity index (χ2v) is 3.54. The van der Waals surface area contributed by atoms with Gasteiger partial charge in [0.2, 0.25) is 0 Å². The number of likely N-dealkylation sites (N-methyl/N-ethyl adjacent to an activating group) is 1. The van der Waals surface area contributed by atoms with Crippen LogP contribution < -0.4 is 0 Å². The van der Waals surface area contributed by atoms with Gasteiger partial charge in [-0.15, -0.1) is 24.8 Å². The van der Waals surface area contributed by atoms with Crippen molar-refractivity contribution >= 4 is 24.8 Å². The van der Waals surface area contributed by atoms with Gasteiger partial charge in [-0.1, -0.05) is 13.8 Å². The highest BCUT2D eigenvalue weighted by atomic mass is 35.5. The molecule has 0 saturated carbocycles. The van der Waals surface area contributed by atoms with Crippen LogP contribution in [0.15, 0.2) is 12.4 Å². The Kier molecular flexibility index (Phi) is 10.5. The Balaban J connectivity index is 0. The van der Waals surface area contributed by atoms with Crippen molar-refractivity contribution in [2.75, 3.05) is 39.9 Å². The van der Waals surface area contributed by atoms with E-state index >= 15 is 0 Å². The molecule has 0 atom stereocenters. The molecule has 0 unspecified atom stereocenters. The van der Waals surface area contributed by atoms with Crippen LogP contribution in [0.4, 0.5) is 0 Å². The minimum Gasteiger partial charge on any atom is -0.362 e.